The summed E-state index contributed by atoms with van der Waals surface area (Å²) in [4.78, 5) is 0. The van der Waals surface area contributed by atoms with Crippen LogP contribution in [0.15, 0.2) is 0 Å². The molecule has 0 heterocycles. The number of hydrogen-bond acceptors (Lipinski definition) is 0. The van der Waals surface area contributed by atoms with E-state index < -0.39 is 25.2 Å². The molecule has 0 fully saturated rings. The summed E-state index contributed by atoms with van der Waals surface area (Å²) in [6.45, 7) is 0.202. The molecule has 4 heteroatoms. The van der Waals surface area contributed by atoms with Crippen LogP contribution in [0, 0.1) is 0 Å². The minimum atomic E-state index is -2.31. The minimum absolute atomic E-state index is 0.0540. The minimum Gasteiger partial charge on any atom is -0.248 e. The zero-order valence-corrected chi connectivity index (χ0v) is 6.37. The Bertz CT molecular complexity index is 96.4. The van der Waals surface area contributed by atoms with Crippen molar-refractivity contribution in [3.05, 3.63) is 0 Å². The first-order valence-electron chi connectivity index (χ1n) is 3.61. The smallest absolute Gasteiger partial charge is 0.165 e. The van der Waals surface area contributed by atoms with Crippen molar-refractivity contribution in [3.8, 4) is 0 Å². The average Bonchev–Trinajstić information content (AvgIpc) is 2.02. The lowest BCUT2D eigenvalue weighted by Gasteiger charge is -2.13. The Morgan fingerprint density at radius 1 is 1.09 bits per heavy atom. The quantitative estimate of drug-likeness (QED) is 0.559. The van der Waals surface area contributed by atoms with E-state index in [9.17, 15) is 17.6 Å². The van der Waals surface area contributed by atoms with Gasteiger partial charge in [0.25, 0.3) is 0 Å². The summed E-state index contributed by atoms with van der Waals surface area (Å²) in [5.41, 5.74) is 0. The lowest BCUT2D eigenvalue weighted by atomic mass is 10.1. The van der Waals surface area contributed by atoms with Crippen LogP contribution in [-0.2, 0) is 0 Å². The maximum Gasteiger partial charge on any atom is 0.165 e. The molecule has 0 rings (SSSR count). The van der Waals surface area contributed by atoms with E-state index in [1.54, 1.807) is 6.92 Å². The van der Waals surface area contributed by atoms with Crippen LogP contribution in [0.1, 0.15) is 19.8 Å². The van der Waals surface area contributed by atoms with E-state index in [0.29, 0.717) is 6.42 Å². The number of halogens is 4. The van der Waals surface area contributed by atoms with Crippen molar-refractivity contribution in [3.63, 3.8) is 0 Å². The number of alkyl halides is 4. The summed E-state index contributed by atoms with van der Waals surface area (Å²) in [5, 5.41) is 0. The van der Waals surface area contributed by atoms with Crippen molar-refractivity contribution in [2.24, 2.45) is 0 Å². The van der Waals surface area contributed by atoms with Crippen LogP contribution < -0.4 is 0 Å². The first-order chi connectivity index (χ1) is 5.13. The van der Waals surface area contributed by atoms with E-state index in [2.05, 4.69) is 0 Å². The highest BCUT2D eigenvalue weighted by molar-refractivity contribution is 4.75. The first kappa shape index (κ1) is 10.7. The van der Waals surface area contributed by atoms with E-state index in [4.69, 9.17) is 0 Å². The van der Waals surface area contributed by atoms with E-state index in [1.165, 1.54) is 0 Å². The summed E-state index contributed by atoms with van der Waals surface area (Å²) >= 11 is 0. The van der Waals surface area contributed by atoms with Gasteiger partial charge in [-0.05, 0) is 6.42 Å². The second-order valence-electron chi connectivity index (χ2n) is 2.42. The number of hydrogen-bond donors (Lipinski definition) is 0. The Morgan fingerprint density at radius 3 is 2.00 bits per heavy atom. The zero-order valence-electron chi connectivity index (χ0n) is 6.37. The summed E-state index contributed by atoms with van der Waals surface area (Å²) in [6.07, 6.45) is -6.11. The highest BCUT2D eigenvalue weighted by Crippen LogP contribution is 2.16. The van der Waals surface area contributed by atoms with Crippen LogP contribution in [0.3, 0.4) is 0 Å². The molecule has 68 valence electrons. The normalized spacial score (nSPS) is 19.4. The van der Waals surface area contributed by atoms with Gasteiger partial charge in [0.05, 0.1) is 0 Å². The van der Waals surface area contributed by atoms with Crippen molar-refractivity contribution in [1.82, 2.24) is 0 Å². The Morgan fingerprint density at radius 2 is 1.64 bits per heavy atom. The molecule has 0 N–H and O–H groups in total. The Balaban J connectivity index is 3.70. The standard InChI is InChI=1S/C7H12F4/c1-2-3-5(9)7(11)6(10)4-8/h5-7H,2-4H2,1H3/t5?,6?,7-/m0/s1. The van der Waals surface area contributed by atoms with Gasteiger partial charge in [-0.15, -0.1) is 0 Å². The Kier molecular flexibility index (Phi) is 5.24. The molecule has 0 spiro atoms. The molecule has 0 nitrogen and oxygen atoms in total. The molecule has 0 aromatic carbocycles. The van der Waals surface area contributed by atoms with E-state index in [0.717, 1.165) is 0 Å². The topological polar surface area (TPSA) is 0 Å². The van der Waals surface area contributed by atoms with E-state index >= 15 is 0 Å². The molecule has 0 aromatic heterocycles. The molecule has 0 aliphatic rings. The van der Waals surface area contributed by atoms with Gasteiger partial charge >= 0.3 is 0 Å². The van der Waals surface area contributed by atoms with E-state index in [-0.39, 0.29) is 6.42 Å². The van der Waals surface area contributed by atoms with E-state index in [1.807, 2.05) is 0 Å². The van der Waals surface area contributed by atoms with Gasteiger partial charge in [0.1, 0.15) is 12.8 Å². The van der Waals surface area contributed by atoms with Gasteiger partial charge in [-0.3, -0.25) is 0 Å². The van der Waals surface area contributed by atoms with Crippen molar-refractivity contribution in [2.75, 3.05) is 6.67 Å². The monoisotopic (exact) mass is 172 g/mol. The number of rotatable bonds is 5. The Hall–Kier alpha value is -0.280. The molecular weight excluding hydrogens is 160 g/mol. The summed E-state index contributed by atoms with van der Waals surface area (Å²) < 4.78 is 48.4. The summed E-state index contributed by atoms with van der Waals surface area (Å²) in [6, 6.07) is 0. The molecular formula is C7H12F4. The highest BCUT2D eigenvalue weighted by atomic mass is 19.2. The van der Waals surface area contributed by atoms with Gasteiger partial charge < -0.3 is 0 Å². The highest BCUT2D eigenvalue weighted by Gasteiger charge is 2.28. The largest absolute Gasteiger partial charge is 0.248 e. The fourth-order valence-corrected chi connectivity index (χ4v) is 0.747. The predicted molar refractivity (Wildman–Crippen MR) is 35.6 cm³/mol. The maximum absolute atomic E-state index is 12.5. The van der Waals surface area contributed by atoms with Crippen LogP contribution >= 0.6 is 0 Å². The lowest BCUT2D eigenvalue weighted by molar-refractivity contribution is 0.0629. The molecule has 11 heavy (non-hydrogen) atoms. The molecule has 3 atom stereocenters. The Labute approximate surface area is 63.6 Å². The fourth-order valence-electron chi connectivity index (χ4n) is 0.747. The molecule has 0 radical (unpaired) electrons. The predicted octanol–water partition coefficient (Wildman–Crippen LogP) is 2.77. The van der Waals surface area contributed by atoms with Crippen molar-refractivity contribution in [2.45, 2.75) is 38.3 Å². The van der Waals surface area contributed by atoms with Crippen LogP contribution in [0.25, 0.3) is 0 Å². The molecule has 0 saturated heterocycles. The second-order valence-corrected chi connectivity index (χ2v) is 2.42. The van der Waals surface area contributed by atoms with Crippen molar-refractivity contribution >= 4 is 0 Å². The third-order valence-electron chi connectivity index (χ3n) is 1.40. The molecule has 0 aliphatic heterocycles. The summed E-state index contributed by atoms with van der Waals surface area (Å²) in [7, 11) is 0. The molecule has 2 unspecified atom stereocenters. The average molecular weight is 172 g/mol. The first-order valence-corrected chi connectivity index (χ1v) is 3.61. The van der Waals surface area contributed by atoms with Crippen molar-refractivity contribution in [1.29, 1.82) is 0 Å². The van der Waals surface area contributed by atoms with Gasteiger partial charge in [0, 0.05) is 0 Å². The summed E-state index contributed by atoms with van der Waals surface area (Å²) in [5.74, 6) is 0. The SMILES string of the molecule is CCCC(F)[C@H](F)C(F)CF. The van der Waals surface area contributed by atoms with Crippen LogP contribution in [0.2, 0.25) is 0 Å². The molecule has 0 aliphatic carbocycles. The van der Waals surface area contributed by atoms with Crippen LogP contribution in [-0.4, -0.2) is 25.2 Å². The van der Waals surface area contributed by atoms with Gasteiger partial charge in [-0.1, -0.05) is 13.3 Å². The van der Waals surface area contributed by atoms with Crippen LogP contribution in [0.4, 0.5) is 17.6 Å². The second kappa shape index (κ2) is 5.38. The van der Waals surface area contributed by atoms with Crippen LogP contribution in [0.5, 0.6) is 0 Å². The van der Waals surface area contributed by atoms with Gasteiger partial charge in [0.2, 0.25) is 0 Å². The fraction of sp³-hybridized carbons (Fsp3) is 1.00. The third kappa shape index (κ3) is 3.58. The third-order valence-corrected chi connectivity index (χ3v) is 1.40. The molecule has 0 bridgehead atoms. The maximum atomic E-state index is 12.5. The van der Waals surface area contributed by atoms with Gasteiger partial charge in [-0.2, -0.15) is 0 Å². The van der Waals surface area contributed by atoms with Gasteiger partial charge in [0.15, 0.2) is 12.3 Å². The molecule has 0 saturated carbocycles. The van der Waals surface area contributed by atoms with Gasteiger partial charge in [-0.25, -0.2) is 17.6 Å². The molecule has 0 amide bonds. The van der Waals surface area contributed by atoms with Crippen molar-refractivity contribution < 1.29 is 17.6 Å². The zero-order chi connectivity index (χ0) is 8.85. The molecule has 0 aromatic rings. The lowest BCUT2D eigenvalue weighted by Crippen LogP contribution is -2.29.